The molecule has 6 heteroatoms. The molecule has 136 valence electrons. The fourth-order valence-corrected chi connectivity index (χ4v) is 2.78. The maximum absolute atomic E-state index is 12.3. The van der Waals surface area contributed by atoms with Gasteiger partial charge >= 0.3 is 5.97 Å². The first-order valence-corrected chi connectivity index (χ1v) is 8.75. The summed E-state index contributed by atoms with van der Waals surface area (Å²) < 4.78 is 5.15. The Morgan fingerprint density at radius 1 is 1.12 bits per heavy atom. The van der Waals surface area contributed by atoms with Crippen molar-refractivity contribution in [1.29, 1.82) is 0 Å². The van der Waals surface area contributed by atoms with E-state index in [4.69, 9.17) is 4.74 Å². The molecule has 1 fully saturated rings. The number of rotatable bonds is 7. The third-order valence-corrected chi connectivity index (χ3v) is 4.24. The van der Waals surface area contributed by atoms with Crippen LogP contribution in [0.25, 0.3) is 0 Å². The molecule has 1 aromatic carbocycles. The first-order valence-electron chi connectivity index (χ1n) is 8.75. The molecule has 1 heterocycles. The molecule has 0 aliphatic carbocycles. The maximum Gasteiger partial charge on any atom is 0.329 e. The van der Waals surface area contributed by atoms with Gasteiger partial charge in [-0.2, -0.15) is 0 Å². The second-order valence-electron chi connectivity index (χ2n) is 6.65. The van der Waals surface area contributed by atoms with Crippen molar-refractivity contribution in [2.45, 2.75) is 39.2 Å². The third-order valence-electron chi connectivity index (χ3n) is 4.24. The van der Waals surface area contributed by atoms with Crippen molar-refractivity contribution in [2.24, 2.45) is 5.92 Å². The molecule has 1 atom stereocenters. The van der Waals surface area contributed by atoms with Gasteiger partial charge < -0.3 is 15.0 Å². The number of hydrogen-bond acceptors (Lipinski definition) is 4. The molecular weight excluding hydrogens is 320 g/mol. The molecule has 0 bridgehead atoms. The Hall–Kier alpha value is -2.37. The van der Waals surface area contributed by atoms with Crippen LogP contribution in [-0.4, -0.2) is 48.4 Å². The summed E-state index contributed by atoms with van der Waals surface area (Å²) in [5, 5.41) is 2.72. The van der Waals surface area contributed by atoms with Gasteiger partial charge in [0.15, 0.2) is 6.61 Å². The highest BCUT2D eigenvalue weighted by Gasteiger charge is 2.27. The van der Waals surface area contributed by atoms with Gasteiger partial charge in [-0.05, 0) is 24.3 Å². The van der Waals surface area contributed by atoms with Crippen LogP contribution in [0.1, 0.15) is 32.3 Å². The summed E-state index contributed by atoms with van der Waals surface area (Å²) in [6, 6.07) is 8.56. The molecule has 0 aromatic heterocycles. The number of esters is 1. The number of ether oxygens (including phenoxy) is 1. The van der Waals surface area contributed by atoms with Gasteiger partial charge in [-0.25, -0.2) is 4.79 Å². The van der Waals surface area contributed by atoms with Gasteiger partial charge in [0.05, 0.1) is 6.42 Å². The smallest absolute Gasteiger partial charge is 0.329 e. The van der Waals surface area contributed by atoms with E-state index in [0.717, 1.165) is 31.5 Å². The Morgan fingerprint density at radius 3 is 2.36 bits per heavy atom. The van der Waals surface area contributed by atoms with Gasteiger partial charge in [-0.3, -0.25) is 9.59 Å². The predicted octanol–water partition coefficient (Wildman–Crippen LogP) is 1.54. The number of benzene rings is 1. The number of hydrogen-bond donors (Lipinski definition) is 1. The van der Waals surface area contributed by atoms with Crippen molar-refractivity contribution in [3.8, 4) is 0 Å². The lowest BCUT2D eigenvalue weighted by Gasteiger charge is -2.22. The number of nitrogens with one attached hydrogen (secondary N) is 1. The Bertz CT molecular complexity index is 595. The van der Waals surface area contributed by atoms with Crippen LogP contribution >= 0.6 is 0 Å². The highest BCUT2D eigenvalue weighted by Crippen LogP contribution is 2.09. The average Bonchev–Trinajstić information content (AvgIpc) is 3.12. The molecular formula is C19H26N2O4. The second-order valence-corrected chi connectivity index (χ2v) is 6.65. The number of amides is 2. The lowest BCUT2D eigenvalue weighted by molar-refractivity contribution is -0.155. The number of likely N-dealkylation sites (tertiary alicyclic amines) is 1. The zero-order chi connectivity index (χ0) is 18.2. The minimum absolute atomic E-state index is 0.130. The van der Waals surface area contributed by atoms with Crippen molar-refractivity contribution in [1.82, 2.24) is 10.2 Å². The Kier molecular flexibility index (Phi) is 6.98. The average molecular weight is 346 g/mol. The molecule has 2 rings (SSSR count). The molecule has 0 spiro atoms. The summed E-state index contributed by atoms with van der Waals surface area (Å²) in [4.78, 5) is 38.1. The Balaban J connectivity index is 1.84. The number of carbonyl (C=O) groups excluding carboxylic acids is 3. The van der Waals surface area contributed by atoms with E-state index < -0.39 is 12.0 Å². The monoisotopic (exact) mass is 346 g/mol. The summed E-state index contributed by atoms with van der Waals surface area (Å²) in [5.41, 5.74) is 0.875. The molecule has 1 N–H and O–H groups in total. The van der Waals surface area contributed by atoms with Gasteiger partial charge in [0.1, 0.15) is 6.04 Å². The normalized spacial score (nSPS) is 15.1. The number of nitrogens with zero attached hydrogens (tertiary/aromatic N) is 1. The molecule has 0 saturated carbocycles. The van der Waals surface area contributed by atoms with Crippen LogP contribution in [0.2, 0.25) is 0 Å². The molecule has 1 aliphatic heterocycles. The van der Waals surface area contributed by atoms with E-state index >= 15 is 0 Å². The Morgan fingerprint density at radius 2 is 1.76 bits per heavy atom. The SMILES string of the molecule is CC(C)C(NC(=O)Cc1ccccc1)C(=O)OCC(=O)N1CCCC1. The van der Waals surface area contributed by atoms with Crippen LogP contribution in [-0.2, 0) is 25.5 Å². The standard InChI is InChI=1S/C19H26N2O4/c1-14(2)18(20-16(22)12-15-8-4-3-5-9-15)19(24)25-13-17(23)21-10-6-7-11-21/h3-5,8-9,14,18H,6-7,10-13H2,1-2H3,(H,20,22). The van der Waals surface area contributed by atoms with E-state index in [1.807, 2.05) is 44.2 Å². The lowest BCUT2D eigenvalue weighted by Crippen LogP contribution is -2.46. The van der Waals surface area contributed by atoms with E-state index in [1.165, 1.54) is 0 Å². The zero-order valence-corrected chi connectivity index (χ0v) is 14.9. The highest BCUT2D eigenvalue weighted by molar-refractivity contribution is 5.87. The van der Waals surface area contributed by atoms with Gasteiger partial charge in [0, 0.05) is 13.1 Å². The third kappa shape index (κ3) is 5.89. The van der Waals surface area contributed by atoms with E-state index in [2.05, 4.69) is 5.32 Å². The topological polar surface area (TPSA) is 75.7 Å². The second kappa shape index (κ2) is 9.20. The zero-order valence-electron chi connectivity index (χ0n) is 14.9. The molecule has 0 radical (unpaired) electrons. The van der Waals surface area contributed by atoms with Gasteiger partial charge in [0.25, 0.3) is 5.91 Å². The van der Waals surface area contributed by atoms with Crippen molar-refractivity contribution < 1.29 is 19.1 Å². The molecule has 1 unspecified atom stereocenters. The molecule has 1 aliphatic rings. The number of carbonyl (C=O) groups is 3. The van der Waals surface area contributed by atoms with Gasteiger partial charge in [-0.1, -0.05) is 44.2 Å². The van der Waals surface area contributed by atoms with E-state index in [9.17, 15) is 14.4 Å². The predicted molar refractivity (Wildman–Crippen MR) is 93.7 cm³/mol. The summed E-state index contributed by atoms with van der Waals surface area (Å²) in [7, 11) is 0. The van der Waals surface area contributed by atoms with Crippen LogP contribution < -0.4 is 5.32 Å². The molecule has 1 aromatic rings. The van der Waals surface area contributed by atoms with Crippen LogP contribution in [0.15, 0.2) is 30.3 Å². The fraction of sp³-hybridized carbons (Fsp3) is 0.526. The quantitative estimate of drug-likeness (QED) is 0.760. The summed E-state index contributed by atoms with van der Waals surface area (Å²) in [6.07, 6.45) is 2.18. The van der Waals surface area contributed by atoms with Crippen molar-refractivity contribution in [3.63, 3.8) is 0 Å². The largest absolute Gasteiger partial charge is 0.454 e. The lowest BCUT2D eigenvalue weighted by atomic mass is 10.0. The van der Waals surface area contributed by atoms with Crippen molar-refractivity contribution in [2.75, 3.05) is 19.7 Å². The first kappa shape index (κ1) is 19.0. The minimum Gasteiger partial charge on any atom is -0.454 e. The Labute approximate surface area is 148 Å². The van der Waals surface area contributed by atoms with Crippen molar-refractivity contribution in [3.05, 3.63) is 35.9 Å². The maximum atomic E-state index is 12.3. The van der Waals surface area contributed by atoms with Crippen molar-refractivity contribution >= 4 is 17.8 Å². The summed E-state index contributed by atoms with van der Waals surface area (Å²) >= 11 is 0. The fourth-order valence-electron chi connectivity index (χ4n) is 2.78. The van der Waals surface area contributed by atoms with Crippen LogP contribution in [0.5, 0.6) is 0 Å². The highest BCUT2D eigenvalue weighted by atomic mass is 16.5. The van der Waals surface area contributed by atoms with Crippen LogP contribution in [0.3, 0.4) is 0 Å². The van der Waals surface area contributed by atoms with E-state index in [1.54, 1.807) is 4.90 Å². The van der Waals surface area contributed by atoms with Gasteiger partial charge in [-0.15, -0.1) is 0 Å². The van der Waals surface area contributed by atoms with Gasteiger partial charge in [0.2, 0.25) is 5.91 Å². The minimum atomic E-state index is -0.761. The molecule has 1 saturated heterocycles. The first-order chi connectivity index (χ1) is 12.0. The summed E-state index contributed by atoms with van der Waals surface area (Å²) in [5.74, 6) is -1.12. The van der Waals surface area contributed by atoms with E-state index in [-0.39, 0.29) is 30.8 Å². The molecule has 25 heavy (non-hydrogen) atoms. The van der Waals surface area contributed by atoms with E-state index in [0.29, 0.717) is 0 Å². The van der Waals surface area contributed by atoms with Crippen LogP contribution in [0.4, 0.5) is 0 Å². The molecule has 6 nitrogen and oxygen atoms in total. The van der Waals surface area contributed by atoms with Crippen LogP contribution in [0, 0.1) is 5.92 Å². The molecule has 2 amide bonds. The summed E-state index contributed by atoms with van der Waals surface area (Å²) in [6.45, 7) is 4.83.